The molecule has 2 heterocycles. The van der Waals surface area contributed by atoms with E-state index in [9.17, 15) is 9.36 Å². The molecule has 0 saturated carbocycles. The van der Waals surface area contributed by atoms with Crippen LogP contribution in [0.3, 0.4) is 0 Å². The molecule has 0 amide bonds. The van der Waals surface area contributed by atoms with Crippen LogP contribution >= 0.6 is 19.8 Å². The number of hydrogen-bond acceptors (Lipinski definition) is 6. The first-order valence-electron chi connectivity index (χ1n) is 6.81. The zero-order chi connectivity index (χ0) is 16.5. The molecule has 2 rings (SSSR count). The molecule has 0 radical (unpaired) electrons. The van der Waals surface area contributed by atoms with E-state index in [1.54, 1.807) is 20.8 Å². The number of nitrogens with zero attached hydrogens (tertiary/aromatic N) is 2. The standard InChI is InChI=1S/C13H18N3O4PS/c1-4-19-21(18,20-5-2)13(11(14)22)9(3)8-16-10(17)6-7-15-12(13)16/h6-8H,4-5H2,1-3H3,(H2,14,22). The molecule has 7 nitrogen and oxygen atoms in total. The Balaban J connectivity index is 2.84. The molecule has 1 aliphatic heterocycles. The molecule has 1 atom stereocenters. The van der Waals surface area contributed by atoms with E-state index in [2.05, 4.69) is 4.98 Å². The number of aromatic nitrogens is 2. The normalized spacial score (nSPS) is 20.6. The molecule has 0 aromatic carbocycles. The minimum Gasteiger partial charge on any atom is -0.392 e. The van der Waals surface area contributed by atoms with Crippen molar-refractivity contribution in [2.24, 2.45) is 5.73 Å². The molecular weight excluding hydrogens is 325 g/mol. The van der Waals surface area contributed by atoms with Crippen LogP contribution in [0.1, 0.15) is 26.6 Å². The highest BCUT2D eigenvalue weighted by Gasteiger charge is 2.61. The van der Waals surface area contributed by atoms with Gasteiger partial charge in [-0.2, -0.15) is 0 Å². The molecule has 1 aliphatic rings. The summed E-state index contributed by atoms with van der Waals surface area (Å²) >= 11 is 5.19. The molecule has 120 valence electrons. The second-order valence-electron chi connectivity index (χ2n) is 4.70. The Labute approximate surface area is 133 Å². The minimum atomic E-state index is -3.82. The van der Waals surface area contributed by atoms with E-state index in [-0.39, 0.29) is 29.6 Å². The lowest BCUT2D eigenvalue weighted by Gasteiger charge is -2.35. The summed E-state index contributed by atoms with van der Waals surface area (Å²) in [6.07, 6.45) is 2.85. The molecule has 22 heavy (non-hydrogen) atoms. The van der Waals surface area contributed by atoms with Crippen molar-refractivity contribution in [1.82, 2.24) is 9.55 Å². The molecule has 0 saturated heterocycles. The van der Waals surface area contributed by atoms with Gasteiger partial charge in [0.15, 0.2) is 0 Å². The number of thiocarbonyl (C=S) groups is 1. The van der Waals surface area contributed by atoms with Crippen LogP contribution in [0.2, 0.25) is 0 Å². The molecule has 9 heteroatoms. The molecule has 1 unspecified atom stereocenters. The third-order valence-electron chi connectivity index (χ3n) is 3.46. The van der Waals surface area contributed by atoms with Crippen LogP contribution in [-0.2, 0) is 18.8 Å². The SMILES string of the molecule is CCOP(=O)(OCC)C1(C(N)=S)C(C)=Cn2c1nccc2=O. The average Bonchev–Trinajstić information content (AvgIpc) is 2.74. The fraction of sp³-hybridized carbons (Fsp3) is 0.462. The molecule has 0 aliphatic carbocycles. The maximum atomic E-state index is 13.5. The Morgan fingerprint density at radius 1 is 1.45 bits per heavy atom. The molecule has 1 aromatic heterocycles. The van der Waals surface area contributed by atoms with Crippen LogP contribution in [0.25, 0.3) is 6.20 Å². The van der Waals surface area contributed by atoms with Crippen molar-refractivity contribution >= 4 is 31.0 Å². The lowest BCUT2D eigenvalue weighted by molar-refractivity contribution is 0.209. The van der Waals surface area contributed by atoms with E-state index in [1.807, 2.05) is 0 Å². The first-order valence-corrected chi connectivity index (χ1v) is 8.76. The first kappa shape index (κ1) is 17.0. The van der Waals surface area contributed by atoms with Gasteiger partial charge in [0.1, 0.15) is 10.8 Å². The third-order valence-corrected chi connectivity index (χ3v) is 6.73. The van der Waals surface area contributed by atoms with Gasteiger partial charge in [0.2, 0.25) is 5.16 Å². The summed E-state index contributed by atoms with van der Waals surface area (Å²) in [5.74, 6) is 0.162. The van der Waals surface area contributed by atoms with Gasteiger partial charge >= 0.3 is 7.60 Å². The Morgan fingerprint density at radius 3 is 2.55 bits per heavy atom. The molecule has 2 N–H and O–H groups in total. The number of rotatable bonds is 6. The molecule has 0 fully saturated rings. The maximum absolute atomic E-state index is 13.5. The minimum absolute atomic E-state index is 0.101. The lowest BCUT2D eigenvalue weighted by Crippen LogP contribution is -2.43. The van der Waals surface area contributed by atoms with E-state index >= 15 is 0 Å². The van der Waals surface area contributed by atoms with E-state index in [0.29, 0.717) is 5.57 Å². The summed E-state index contributed by atoms with van der Waals surface area (Å²) in [6, 6.07) is 1.30. The molecule has 1 aromatic rings. The number of hydrogen-bond donors (Lipinski definition) is 1. The van der Waals surface area contributed by atoms with Crippen molar-refractivity contribution in [2.45, 2.75) is 25.9 Å². The van der Waals surface area contributed by atoms with Gasteiger partial charge in [-0.3, -0.25) is 13.9 Å². The second kappa shape index (κ2) is 6.04. The predicted molar refractivity (Wildman–Crippen MR) is 87.8 cm³/mol. The van der Waals surface area contributed by atoms with Gasteiger partial charge < -0.3 is 14.8 Å². The summed E-state index contributed by atoms with van der Waals surface area (Å²) in [5.41, 5.74) is 6.12. The smallest absolute Gasteiger partial charge is 0.355 e. The monoisotopic (exact) mass is 343 g/mol. The quantitative estimate of drug-likeness (QED) is 0.622. The van der Waals surface area contributed by atoms with Gasteiger partial charge in [0, 0.05) is 18.5 Å². The fourth-order valence-electron chi connectivity index (χ4n) is 2.62. The van der Waals surface area contributed by atoms with Crippen molar-refractivity contribution in [3.63, 3.8) is 0 Å². The van der Waals surface area contributed by atoms with Crippen molar-refractivity contribution in [2.75, 3.05) is 13.2 Å². The average molecular weight is 343 g/mol. The largest absolute Gasteiger partial charge is 0.392 e. The Morgan fingerprint density at radius 2 is 2.05 bits per heavy atom. The van der Waals surface area contributed by atoms with Gasteiger partial charge in [0.25, 0.3) is 5.56 Å². The van der Waals surface area contributed by atoms with Gasteiger partial charge in [-0.15, -0.1) is 0 Å². The summed E-state index contributed by atoms with van der Waals surface area (Å²) in [6.45, 7) is 5.35. The Hall–Kier alpha value is -1.34. The topological polar surface area (TPSA) is 96.4 Å². The highest BCUT2D eigenvalue weighted by atomic mass is 32.1. The molecular formula is C13H18N3O4PS. The van der Waals surface area contributed by atoms with Gasteiger partial charge in [-0.1, -0.05) is 12.2 Å². The summed E-state index contributed by atoms with van der Waals surface area (Å²) in [5, 5.41) is -1.53. The van der Waals surface area contributed by atoms with Crippen LogP contribution in [-0.4, -0.2) is 27.8 Å². The van der Waals surface area contributed by atoms with Crippen LogP contribution in [0.15, 0.2) is 22.6 Å². The highest BCUT2D eigenvalue weighted by Crippen LogP contribution is 2.68. The van der Waals surface area contributed by atoms with Crippen molar-refractivity contribution in [1.29, 1.82) is 0 Å². The van der Waals surface area contributed by atoms with Crippen molar-refractivity contribution in [3.8, 4) is 0 Å². The first-order chi connectivity index (χ1) is 10.3. The third kappa shape index (κ3) is 2.18. The molecule has 0 bridgehead atoms. The summed E-state index contributed by atoms with van der Waals surface area (Å²) < 4.78 is 25.6. The van der Waals surface area contributed by atoms with Crippen LogP contribution < -0.4 is 11.3 Å². The fourth-order valence-corrected chi connectivity index (χ4v) is 5.52. The number of fused-ring (bicyclic) bond motifs is 1. The molecule has 0 spiro atoms. The van der Waals surface area contributed by atoms with Gasteiger partial charge in [-0.25, -0.2) is 4.98 Å². The van der Waals surface area contributed by atoms with Crippen molar-refractivity contribution < 1.29 is 13.6 Å². The van der Waals surface area contributed by atoms with E-state index in [0.717, 1.165) is 0 Å². The Bertz CT molecular complexity index is 735. The van der Waals surface area contributed by atoms with Gasteiger partial charge in [0.05, 0.1) is 13.2 Å². The van der Waals surface area contributed by atoms with Crippen LogP contribution in [0.4, 0.5) is 0 Å². The van der Waals surface area contributed by atoms with E-state index in [4.69, 9.17) is 27.0 Å². The zero-order valence-electron chi connectivity index (χ0n) is 12.6. The summed E-state index contributed by atoms with van der Waals surface area (Å²) in [4.78, 5) is 16.1. The number of nitrogens with two attached hydrogens (primary N) is 1. The van der Waals surface area contributed by atoms with E-state index < -0.39 is 12.8 Å². The lowest BCUT2D eigenvalue weighted by atomic mass is 10.0. The van der Waals surface area contributed by atoms with E-state index in [1.165, 1.54) is 23.0 Å². The van der Waals surface area contributed by atoms with Gasteiger partial charge in [-0.05, 0) is 26.3 Å². The second-order valence-corrected chi connectivity index (χ2v) is 7.32. The van der Waals surface area contributed by atoms with Crippen LogP contribution in [0.5, 0.6) is 0 Å². The zero-order valence-corrected chi connectivity index (χ0v) is 14.3. The maximum Gasteiger partial charge on any atom is 0.355 e. The summed E-state index contributed by atoms with van der Waals surface area (Å²) in [7, 11) is -3.82. The predicted octanol–water partition coefficient (Wildman–Crippen LogP) is 1.87. The Kier molecular flexibility index (Phi) is 4.67. The highest BCUT2D eigenvalue weighted by molar-refractivity contribution is 7.81. The van der Waals surface area contributed by atoms with Crippen molar-refractivity contribution in [3.05, 3.63) is 34.0 Å². The van der Waals surface area contributed by atoms with Crippen LogP contribution in [0, 0.1) is 0 Å².